The van der Waals surface area contributed by atoms with Gasteiger partial charge in [0.15, 0.2) is 11.8 Å². The Morgan fingerprint density at radius 3 is 2.09 bits per heavy atom. The smallest absolute Gasteiger partial charge is 0.397 e. The Hall–Kier alpha value is -3.58. The van der Waals surface area contributed by atoms with Gasteiger partial charge in [0, 0.05) is 5.56 Å². The molecule has 7 nitrogen and oxygen atoms in total. The van der Waals surface area contributed by atoms with Crippen molar-refractivity contribution >= 4 is 21.4 Å². The highest BCUT2D eigenvalue weighted by molar-refractivity contribution is 7.91. The Labute approximate surface area is 190 Å². The molecule has 13 heteroatoms. The average Bonchev–Trinajstić information content (AvgIpc) is 2.77. The molecule has 3 aromatic rings. The van der Waals surface area contributed by atoms with Crippen molar-refractivity contribution < 1.29 is 40.3 Å². The number of rotatable bonds is 6. The molecule has 180 valence electrons. The maximum atomic E-state index is 13.4. The van der Waals surface area contributed by atoms with Crippen molar-refractivity contribution in [3.63, 3.8) is 0 Å². The number of hydrogen-bond acceptors (Lipinski definition) is 6. The van der Waals surface area contributed by atoms with E-state index >= 15 is 0 Å². The van der Waals surface area contributed by atoms with E-state index < -0.39 is 62.5 Å². The van der Waals surface area contributed by atoms with E-state index in [2.05, 4.69) is 4.98 Å². The van der Waals surface area contributed by atoms with Crippen LogP contribution in [0.3, 0.4) is 0 Å². The summed E-state index contributed by atoms with van der Waals surface area (Å²) in [6.45, 7) is -1.20. The van der Waals surface area contributed by atoms with E-state index in [1.807, 2.05) is 5.32 Å². The van der Waals surface area contributed by atoms with Gasteiger partial charge < -0.3 is 16.2 Å². The average molecular weight is 501 g/mol. The minimum atomic E-state index is -4.99. The standard InChI is InChI=1S/C21H16F5N3O4S/c22-12-3-1-11(2-4-12)18-16(34(32,33)14-7-5-13(23)6-8-14)9-15(27)19(29-18)20(31)28-10-17(30)21(24,25)26/h1-9,17,30H,10,27H2,(H,28,31)/t17-/m1/s1. The normalized spacial score (nSPS) is 12.9. The van der Waals surface area contributed by atoms with E-state index in [1.165, 1.54) is 12.1 Å². The number of aromatic nitrogens is 1. The van der Waals surface area contributed by atoms with Crippen molar-refractivity contribution in [3.8, 4) is 11.3 Å². The van der Waals surface area contributed by atoms with E-state index in [-0.39, 0.29) is 16.2 Å². The van der Waals surface area contributed by atoms with Crippen LogP contribution in [0, 0.1) is 11.6 Å². The molecule has 0 aliphatic heterocycles. The molecule has 0 radical (unpaired) electrons. The zero-order valence-electron chi connectivity index (χ0n) is 17.0. The fraction of sp³-hybridized carbons (Fsp3) is 0.143. The summed E-state index contributed by atoms with van der Waals surface area (Å²) in [4.78, 5) is 15.5. The summed E-state index contributed by atoms with van der Waals surface area (Å²) in [6, 6.07) is 9.04. The van der Waals surface area contributed by atoms with Crippen LogP contribution in [0.15, 0.2) is 64.4 Å². The Morgan fingerprint density at radius 1 is 1.03 bits per heavy atom. The second kappa shape index (κ2) is 9.35. The van der Waals surface area contributed by atoms with Crippen molar-refractivity contribution in [2.45, 2.75) is 22.1 Å². The van der Waals surface area contributed by atoms with Gasteiger partial charge in [-0.25, -0.2) is 22.2 Å². The van der Waals surface area contributed by atoms with Gasteiger partial charge in [-0.1, -0.05) is 0 Å². The summed E-state index contributed by atoms with van der Waals surface area (Å²) < 4.78 is 90.6. The second-order valence-electron chi connectivity index (χ2n) is 7.00. The Balaban J connectivity index is 2.12. The van der Waals surface area contributed by atoms with Crippen LogP contribution in [0.2, 0.25) is 0 Å². The first-order chi connectivity index (χ1) is 15.8. The van der Waals surface area contributed by atoms with Crippen molar-refractivity contribution in [2.24, 2.45) is 0 Å². The summed E-state index contributed by atoms with van der Waals surface area (Å²) in [5.41, 5.74) is 4.38. The number of pyridine rings is 1. The number of benzene rings is 2. The number of nitrogens with one attached hydrogen (secondary N) is 1. The van der Waals surface area contributed by atoms with Gasteiger partial charge >= 0.3 is 6.18 Å². The summed E-state index contributed by atoms with van der Waals surface area (Å²) >= 11 is 0. The molecule has 34 heavy (non-hydrogen) atoms. The summed E-state index contributed by atoms with van der Waals surface area (Å²) in [6.07, 6.45) is -7.84. The number of sulfone groups is 1. The molecule has 0 saturated carbocycles. The van der Waals surface area contributed by atoms with E-state index in [4.69, 9.17) is 10.8 Å². The third kappa shape index (κ3) is 5.31. The van der Waals surface area contributed by atoms with Gasteiger partial charge in [-0.05, 0) is 54.6 Å². The van der Waals surface area contributed by atoms with Crippen molar-refractivity contribution in [1.29, 1.82) is 0 Å². The lowest BCUT2D eigenvalue weighted by Crippen LogP contribution is -2.41. The predicted octanol–water partition coefficient (Wildman–Crippen LogP) is 3.09. The van der Waals surface area contributed by atoms with Crippen LogP contribution in [0.25, 0.3) is 11.3 Å². The predicted molar refractivity (Wildman–Crippen MR) is 110 cm³/mol. The van der Waals surface area contributed by atoms with Gasteiger partial charge in [0.2, 0.25) is 9.84 Å². The number of nitrogens with two attached hydrogens (primary N) is 1. The number of nitrogens with zero attached hydrogens (tertiary/aromatic N) is 1. The van der Waals surface area contributed by atoms with Crippen molar-refractivity contribution in [3.05, 3.63) is 71.9 Å². The number of carbonyl (C=O) groups is 1. The molecule has 0 spiro atoms. The molecule has 2 aromatic carbocycles. The molecule has 0 unspecified atom stereocenters. The number of halogens is 5. The highest BCUT2D eigenvalue weighted by Crippen LogP contribution is 2.33. The van der Waals surface area contributed by atoms with E-state index in [9.17, 15) is 35.2 Å². The summed E-state index contributed by atoms with van der Waals surface area (Å²) in [7, 11) is -4.38. The highest BCUT2D eigenvalue weighted by atomic mass is 32.2. The number of nitrogen functional groups attached to an aromatic ring is 1. The second-order valence-corrected chi connectivity index (χ2v) is 8.92. The van der Waals surface area contributed by atoms with Crippen molar-refractivity contribution in [1.82, 2.24) is 10.3 Å². The van der Waals surface area contributed by atoms with Gasteiger partial charge in [-0.2, -0.15) is 13.2 Å². The largest absolute Gasteiger partial charge is 0.416 e. The third-order valence-corrected chi connectivity index (χ3v) is 6.38. The number of aliphatic hydroxyl groups is 1. The maximum absolute atomic E-state index is 13.4. The molecule has 0 bridgehead atoms. The van der Waals surface area contributed by atoms with Crippen LogP contribution in [0.1, 0.15) is 10.5 Å². The first-order valence-electron chi connectivity index (χ1n) is 9.41. The number of alkyl halides is 3. The molecular weight excluding hydrogens is 485 g/mol. The minimum Gasteiger partial charge on any atom is -0.397 e. The Kier molecular flexibility index (Phi) is 6.89. The van der Waals surface area contributed by atoms with Gasteiger partial charge in [0.05, 0.1) is 22.8 Å². The third-order valence-electron chi connectivity index (χ3n) is 4.60. The molecular formula is C21H16F5N3O4S. The SMILES string of the molecule is Nc1cc(S(=O)(=O)c2ccc(F)cc2)c(-c2ccc(F)cc2)nc1C(=O)NC[C@@H](O)C(F)(F)F. The zero-order chi connectivity index (χ0) is 25.3. The van der Waals surface area contributed by atoms with Crippen LogP contribution in [0.5, 0.6) is 0 Å². The monoisotopic (exact) mass is 501 g/mol. The molecule has 1 amide bonds. The molecule has 1 heterocycles. The highest BCUT2D eigenvalue weighted by Gasteiger charge is 2.38. The van der Waals surface area contributed by atoms with Crippen LogP contribution in [0.4, 0.5) is 27.6 Å². The first-order valence-corrected chi connectivity index (χ1v) is 10.9. The fourth-order valence-electron chi connectivity index (χ4n) is 2.84. The van der Waals surface area contributed by atoms with Gasteiger partial charge in [-0.15, -0.1) is 0 Å². The number of anilines is 1. The minimum absolute atomic E-state index is 0.0477. The fourth-order valence-corrected chi connectivity index (χ4v) is 4.29. The van der Waals surface area contributed by atoms with E-state index in [0.717, 1.165) is 42.5 Å². The van der Waals surface area contributed by atoms with Crippen molar-refractivity contribution in [2.75, 3.05) is 12.3 Å². The molecule has 4 N–H and O–H groups in total. The Bertz CT molecular complexity index is 1310. The number of amides is 1. The molecule has 0 saturated heterocycles. The lowest BCUT2D eigenvalue weighted by molar-refractivity contribution is -0.201. The van der Waals surface area contributed by atoms with Gasteiger partial charge in [0.25, 0.3) is 5.91 Å². The maximum Gasteiger partial charge on any atom is 0.416 e. The van der Waals surface area contributed by atoms with Gasteiger partial charge in [-0.3, -0.25) is 4.79 Å². The number of hydrogen-bond donors (Lipinski definition) is 3. The quantitative estimate of drug-likeness (QED) is 0.353. The molecule has 0 aliphatic rings. The molecule has 1 atom stereocenters. The summed E-state index contributed by atoms with van der Waals surface area (Å²) in [5.74, 6) is -2.56. The molecule has 0 fully saturated rings. The van der Waals surface area contributed by atoms with Gasteiger partial charge in [0.1, 0.15) is 16.5 Å². The first kappa shape index (κ1) is 25.1. The van der Waals surface area contributed by atoms with Crippen LogP contribution < -0.4 is 11.1 Å². The lowest BCUT2D eigenvalue weighted by Gasteiger charge is -2.17. The number of aliphatic hydroxyl groups excluding tert-OH is 1. The van der Waals surface area contributed by atoms with Crippen LogP contribution in [-0.4, -0.2) is 43.2 Å². The zero-order valence-corrected chi connectivity index (χ0v) is 17.8. The molecule has 0 aliphatic carbocycles. The topological polar surface area (TPSA) is 122 Å². The van der Waals surface area contributed by atoms with Crippen LogP contribution >= 0.6 is 0 Å². The van der Waals surface area contributed by atoms with Crippen LogP contribution in [-0.2, 0) is 9.84 Å². The summed E-state index contributed by atoms with van der Waals surface area (Å²) in [5, 5.41) is 10.9. The lowest BCUT2D eigenvalue weighted by atomic mass is 10.1. The number of carbonyl (C=O) groups excluding carboxylic acids is 1. The molecule has 1 aromatic heterocycles. The van der Waals surface area contributed by atoms with E-state index in [1.54, 1.807) is 0 Å². The Morgan fingerprint density at radius 2 is 1.56 bits per heavy atom. The van der Waals surface area contributed by atoms with E-state index in [0.29, 0.717) is 0 Å². The molecule has 3 rings (SSSR count).